The SMILES string of the molecule is Cc1c(CC(=O)CCl)oc2ccc(Br)cc12. The minimum absolute atomic E-state index is 0.0251. The van der Waals surface area contributed by atoms with Crippen LogP contribution in [0.1, 0.15) is 11.3 Å². The van der Waals surface area contributed by atoms with Crippen molar-refractivity contribution in [1.29, 1.82) is 0 Å². The van der Waals surface area contributed by atoms with Gasteiger partial charge in [0.1, 0.15) is 11.3 Å². The molecular formula is C12H10BrClO2. The number of halogens is 2. The monoisotopic (exact) mass is 300 g/mol. The van der Waals surface area contributed by atoms with Crippen LogP contribution < -0.4 is 0 Å². The van der Waals surface area contributed by atoms with Crippen molar-refractivity contribution >= 4 is 44.3 Å². The summed E-state index contributed by atoms with van der Waals surface area (Å²) in [6, 6.07) is 5.79. The molecule has 16 heavy (non-hydrogen) atoms. The molecule has 0 aliphatic carbocycles. The van der Waals surface area contributed by atoms with Gasteiger partial charge in [0, 0.05) is 9.86 Å². The quantitative estimate of drug-likeness (QED) is 0.806. The van der Waals surface area contributed by atoms with Crippen molar-refractivity contribution in [2.75, 3.05) is 5.88 Å². The van der Waals surface area contributed by atoms with Gasteiger partial charge < -0.3 is 4.42 Å². The summed E-state index contributed by atoms with van der Waals surface area (Å²) in [4.78, 5) is 11.3. The smallest absolute Gasteiger partial charge is 0.155 e. The molecule has 0 radical (unpaired) electrons. The molecule has 0 amide bonds. The van der Waals surface area contributed by atoms with E-state index in [9.17, 15) is 4.79 Å². The topological polar surface area (TPSA) is 30.2 Å². The first kappa shape index (κ1) is 11.7. The summed E-state index contributed by atoms with van der Waals surface area (Å²) in [6.45, 7) is 1.95. The van der Waals surface area contributed by atoms with E-state index >= 15 is 0 Å². The first-order chi connectivity index (χ1) is 7.61. The second-order valence-electron chi connectivity index (χ2n) is 3.64. The number of ketones is 1. The molecule has 1 aromatic carbocycles. The molecule has 0 bridgehead atoms. The highest BCUT2D eigenvalue weighted by Crippen LogP contribution is 2.28. The Morgan fingerprint density at radius 2 is 2.25 bits per heavy atom. The highest BCUT2D eigenvalue weighted by Gasteiger charge is 2.13. The average Bonchev–Trinajstić information content (AvgIpc) is 2.56. The van der Waals surface area contributed by atoms with Crippen LogP contribution in [0.15, 0.2) is 27.1 Å². The van der Waals surface area contributed by atoms with Crippen molar-refractivity contribution in [2.45, 2.75) is 13.3 Å². The van der Waals surface area contributed by atoms with Crippen LogP contribution in [-0.4, -0.2) is 11.7 Å². The maximum Gasteiger partial charge on any atom is 0.155 e. The number of rotatable bonds is 3. The van der Waals surface area contributed by atoms with E-state index in [2.05, 4.69) is 15.9 Å². The van der Waals surface area contributed by atoms with Gasteiger partial charge in [-0.3, -0.25) is 4.79 Å². The first-order valence-electron chi connectivity index (χ1n) is 4.87. The number of benzene rings is 1. The Balaban J connectivity index is 2.48. The molecule has 0 saturated carbocycles. The molecule has 0 fully saturated rings. The standard InChI is InChI=1S/C12H10BrClO2/c1-7-10-4-8(13)2-3-11(10)16-12(7)5-9(15)6-14/h2-4H,5-6H2,1H3. The normalized spacial score (nSPS) is 10.9. The van der Waals surface area contributed by atoms with Gasteiger partial charge in [0.2, 0.25) is 0 Å². The zero-order valence-corrected chi connectivity index (χ0v) is 11.1. The zero-order chi connectivity index (χ0) is 11.7. The fourth-order valence-corrected chi connectivity index (χ4v) is 2.09. The minimum atomic E-state index is -0.0251. The summed E-state index contributed by atoms with van der Waals surface area (Å²) in [7, 11) is 0. The lowest BCUT2D eigenvalue weighted by atomic mass is 10.1. The number of hydrogen-bond donors (Lipinski definition) is 0. The van der Waals surface area contributed by atoms with Gasteiger partial charge in [-0.1, -0.05) is 15.9 Å². The van der Waals surface area contributed by atoms with E-state index in [1.807, 2.05) is 25.1 Å². The summed E-state index contributed by atoms with van der Waals surface area (Å²) >= 11 is 8.89. The third kappa shape index (κ3) is 2.15. The van der Waals surface area contributed by atoms with Crippen molar-refractivity contribution in [3.8, 4) is 0 Å². The molecule has 0 saturated heterocycles. The Bertz CT molecular complexity index is 545. The average molecular weight is 302 g/mol. The van der Waals surface area contributed by atoms with Crippen molar-refractivity contribution in [3.05, 3.63) is 34.0 Å². The van der Waals surface area contributed by atoms with Crippen LogP contribution in [0, 0.1) is 6.92 Å². The fourth-order valence-electron chi connectivity index (χ4n) is 1.64. The molecule has 1 heterocycles. The summed E-state index contributed by atoms with van der Waals surface area (Å²) in [6.07, 6.45) is 0.266. The zero-order valence-electron chi connectivity index (χ0n) is 8.72. The number of furan rings is 1. The molecule has 0 atom stereocenters. The maximum absolute atomic E-state index is 11.3. The van der Waals surface area contributed by atoms with E-state index in [0.29, 0.717) is 5.76 Å². The fraction of sp³-hybridized carbons (Fsp3) is 0.250. The molecule has 0 N–H and O–H groups in total. The van der Waals surface area contributed by atoms with Gasteiger partial charge in [0.15, 0.2) is 5.78 Å². The van der Waals surface area contributed by atoms with E-state index in [1.54, 1.807) is 0 Å². The van der Waals surface area contributed by atoms with Crippen LogP contribution >= 0.6 is 27.5 Å². The lowest BCUT2D eigenvalue weighted by molar-refractivity contribution is -0.116. The number of alkyl halides is 1. The Labute approximate surface area is 107 Å². The summed E-state index contributed by atoms with van der Waals surface area (Å²) < 4.78 is 6.63. The predicted octanol–water partition coefficient (Wildman–Crippen LogP) is 3.85. The lowest BCUT2D eigenvalue weighted by Gasteiger charge is -1.94. The number of fused-ring (bicyclic) bond motifs is 1. The van der Waals surface area contributed by atoms with Crippen molar-refractivity contribution in [3.63, 3.8) is 0 Å². The second kappa shape index (κ2) is 4.60. The Morgan fingerprint density at radius 3 is 2.94 bits per heavy atom. The number of hydrogen-bond acceptors (Lipinski definition) is 2. The van der Waals surface area contributed by atoms with Gasteiger partial charge >= 0.3 is 0 Å². The molecule has 0 spiro atoms. The van der Waals surface area contributed by atoms with Gasteiger partial charge in [-0.05, 0) is 30.7 Å². The van der Waals surface area contributed by atoms with Crippen LogP contribution in [0.25, 0.3) is 11.0 Å². The van der Waals surface area contributed by atoms with Crippen LogP contribution in [0.4, 0.5) is 0 Å². The van der Waals surface area contributed by atoms with Crippen LogP contribution in [0.3, 0.4) is 0 Å². The molecule has 2 nitrogen and oxygen atoms in total. The largest absolute Gasteiger partial charge is 0.460 e. The lowest BCUT2D eigenvalue weighted by Crippen LogP contribution is -2.03. The van der Waals surface area contributed by atoms with Crippen molar-refractivity contribution < 1.29 is 9.21 Å². The molecule has 2 rings (SSSR count). The van der Waals surface area contributed by atoms with Crippen LogP contribution in [-0.2, 0) is 11.2 Å². The third-order valence-electron chi connectivity index (χ3n) is 2.50. The van der Waals surface area contributed by atoms with E-state index in [4.69, 9.17) is 16.0 Å². The molecule has 4 heteroatoms. The van der Waals surface area contributed by atoms with E-state index in [-0.39, 0.29) is 18.1 Å². The third-order valence-corrected chi connectivity index (χ3v) is 3.30. The Morgan fingerprint density at radius 1 is 1.50 bits per heavy atom. The maximum atomic E-state index is 11.3. The van der Waals surface area contributed by atoms with E-state index in [1.165, 1.54) is 0 Å². The molecule has 2 aromatic rings. The number of aryl methyl sites for hydroxylation is 1. The number of carbonyl (C=O) groups is 1. The molecule has 1 aromatic heterocycles. The number of carbonyl (C=O) groups excluding carboxylic acids is 1. The molecule has 0 unspecified atom stereocenters. The van der Waals surface area contributed by atoms with Gasteiger partial charge in [-0.25, -0.2) is 0 Å². The minimum Gasteiger partial charge on any atom is -0.460 e. The van der Waals surface area contributed by atoms with Crippen molar-refractivity contribution in [2.24, 2.45) is 0 Å². The first-order valence-corrected chi connectivity index (χ1v) is 6.19. The van der Waals surface area contributed by atoms with E-state index < -0.39 is 0 Å². The van der Waals surface area contributed by atoms with Gasteiger partial charge in [-0.2, -0.15) is 0 Å². The molecule has 0 aliphatic rings. The second-order valence-corrected chi connectivity index (χ2v) is 4.82. The Kier molecular flexibility index (Phi) is 3.36. The highest BCUT2D eigenvalue weighted by molar-refractivity contribution is 9.10. The van der Waals surface area contributed by atoms with Crippen LogP contribution in [0.5, 0.6) is 0 Å². The highest BCUT2D eigenvalue weighted by atomic mass is 79.9. The molecule has 84 valence electrons. The van der Waals surface area contributed by atoms with E-state index in [0.717, 1.165) is 21.0 Å². The summed E-state index contributed by atoms with van der Waals surface area (Å²) in [5, 5.41) is 1.03. The summed E-state index contributed by atoms with van der Waals surface area (Å²) in [5.74, 6) is 0.710. The number of Topliss-reactive ketones (excluding diaryl/α,β-unsaturated/α-hetero) is 1. The molecular weight excluding hydrogens is 291 g/mol. The molecule has 0 aliphatic heterocycles. The summed E-state index contributed by atoms with van der Waals surface area (Å²) in [5.41, 5.74) is 1.81. The van der Waals surface area contributed by atoms with Crippen molar-refractivity contribution in [1.82, 2.24) is 0 Å². The Hall–Kier alpha value is -0.800. The predicted molar refractivity (Wildman–Crippen MR) is 68.1 cm³/mol. The van der Waals surface area contributed by atoms with Crippen LogP contribution in [0.2, 0.25) is 0 Å². The van der Waals surface area contributed by atoms with Gasteiger partial charge in [-0.15, -0.1) is 11.6 Å². The van der Waals surface area contributed by atoms with Gasteiger partial charge in [0.05, 0.1) is 12.3 Å². The van der Waals surface area contributed by atoms with Gasteiger partial charge in [0.25, 0.3) is 0 Å².